The first-order valence-electron chi connectivity index (χ1n) is 5.39. The summed E-state index contributed by atoms with van der Waals surface area (Å²) in [7, 11) is 0. The van der Waals surface area contributed by atoms with Gasteiger partial charge in [0.15, 0.2) is 5.82 Å². The summed E-state index contributed by atoms with van der Waals surface area (Å²) in [5.74, 6) is -0.0310. The maximum Gasteiger partial charge on any atom is 0.256 e. The molecular weight excluding hydrogens is 299 g/mol. The fourth-order valence-electron chi connectivity index (χ4n) is 1.48. The van der Waals surface area contributed by atoms with Crippen LogP contribution in [0.4, 0.5) is 4.39 Å². The van der Waals surface area contributed by atoms with Gasteiger partial charge in [0.1, 0.15) is 5.75 Å². The molecule has 0 aliphatic rings. The highest BCUT2D eigenvalue weighted by Gasteiger charge is 2.10. The number of ether oxygens (including phenoxy) is 1. The first-order valence-corrected chi connectivity index (χ1v) is 6.18. The first kappa shape index (κ1) is 13.0. The van der Waals surface area contributed by atoms with E-state index in [2.05, 4.69) is 20.9 Å². The second-order valence-electron chi connectivity index (χ2n) is 3.81. The van der Waals surface area contributed by atoms with E-state index in [1.54, 1.807) is 12.1 Å². The molecule has 0 saturated carbocycles. The van der Waals surface area contributed by atoms with Crippen LogP contribution in [-0.2, 0) is 6.54 Å². The molecule has 1 heterocycles. The van der Waals surface area contributed by atoms with Crippen LogP contribution in [0.1, 0.15) is 11.1 Å². The Kier molecular flexibility index (Phi) is 3.93. The summed E-state index contributed by atoms with van der Waals surface area (Å²) in [6, 6.07) is 6.93. The molecule has 0 unspecified atom stereocenters. The van der Waals surface area contributed by atoms with Crippen LogP contribution in [0.3, 0.4) is 0 Å². The number of hydrogen-bond acceptors (Lipinski definition) is 3. The monoisotopic (exact) mass is 310 g/mol. The van der Waals surface area contributed by atoms with Crippen LogP contribution in [0.15, 0.2) is 34.9 Å². The molecule has 0 bridgehead atoms. The van der Waals surface area contributed by atoms with Crippen molar-refractivity contribution in [3.05, 3.63) is 51.9 Å². The van der Waals surface area contributed by atoms with Crippen LogP contribution in [0.5, 0.6) is 11.6 Å². The van der Waals surface area contributed by atoms with Crippen LogP contribution in [0.25, 0.3) is 0 Å². The number of rotatable bonds is 3. The summed E-state index contributed by atoms with van der Waals surface area (Å²) >= 11 is 3.39. The fraction of sp³-hybridized carbons (Fsp3) is 0.154. The second-order valence-corrected chi connectivity index (χ2v) is 4.66. The molecule has 1 aromatic carbocycles. The Hall–Kier alpha value is -1.46. The third-order valence-electron chi connectivity index (χ3n) is 2.50. The zero-order valence-electron chi connectivity index (χ0n) is 9.78. The third kappa shape index (κ3) is 2.68. The Labute approximate surface area is 113 Å². The SMILES string of the molecule is Cc1cc(Oc2nccc(CN)c2F)ccc1Br. The maximum absolute atomic E-state index is 13.9. The van der Waals surface area contributed by atoms with Gasteiger partial charge >= 0.3 is 0 Å². The summed E-state index contributed by atoms with van der Waals surface area (Å²) in [6.07, 6.45) is 1.48. The zero-order chi connectivity index (χ0) is 13.1. The molecule has 3 nitrogen and oxygen atoms in total. The molecule has 0 atom stereocenters. The summed E-state index contributed by atoms with van der Waals surface area (Å²) in [5, 5.41) is 0. The average molecular weight is 311 g/mol. The van der Waals surface area contributed by atoms with Crippen molar-refractivity contribution in [3.63, 3.8) is 0 Å². The van der Waals surface area contributed by atoms with Crippen LogP contribution in [0.2, 0.25) is 0 Å². The Bertz CT molecular complexity index is 575. The predicted octanol–water partition coefficient (Wildman–Crippen LogP) is 3.54. The number of aromatic nitrogens is 1. The number of aryl methyl sites for hydroxylation is 1. The lowest BCUT2D eigenvalue weighted by molar-refractivity contribution is 0.419. The van der Waals surface area contributed by atoms with Crippen molar-refractivity contribution in [1.82, 2.24) is 4.98 Å². The minimum atomic E-state index is -0.513. The Morgan fingerprint density at radius 3 is 2.83 bits per heavy atom. The molecular formula is C13H12BrFN2O. The fourth-order valence-corrected chi connectivity index (χ4v) is 1.73. The van der Waals surface area contributed by atoms with Gasteiger partial charge in [-0.3, -0.25) is 0 Å². The van der Waals surface area contributed by atoms with Gasteiger partial charge in [0.05, 0.1) is 0 Å². The van der Waals surface area contributed by atoms with E-state index in [0.717, 1.165) is 10.0 Å². The van der Waals surface area contributed by atoms with E-state index in [0.29, 0.717) is 11.3 Å². The first-order chi connectivity index (χ1) is 8.61. The number of pyridine rings is 1. The van der Waals surface area contributed by atoms with Crippen LogP contribution in [-0.4, -0.2) is 4.98 Å². The molecule has 0 saturated heterocycles. The van der Waals surface area contributed by atoms with Crippen molar-refractivity contribution in [1.29, 1.82) is 0 Å². The minimum Gasteiger partial charge on any atom is -0.436 e. The third-order valence-corrected chi connectivity index (χ3v) is 3.39. The smallest absolute Gasteiger partial charge is 0.256 e. The molecule has 0 radical (unpaired) electrons. The Morgan fingerprint density at radius 1 is 1.39 bits per heavy atom. The maximum atomic E-state index is 13.9. The molecule has 0 amide bonds. The molecule has 0 aliphatic carbocycles. The van der Waals surface area contributed by atoms with E-state index in [1.165, 1.54) is 12.3 Å². The largest absolute Gasteiger partial charge is 0.436 e. The van der Waals surface area contributed by atoms with Crippen LogP contribution in [0, 0.1) is 12.7 Å². The molecule has 2 aromatic rings. The van der Waals surface area contributed by atoms with Crippen LogP contribution < -0.4 is 10.5 Å². The zero-order valence-corrected chi connectivity index (χ0v) is 11.4. The summed E-state index contributed by atoms with van der Waals surface area (Å²) in [5.41, 5.74) is 6.81. The quantitative estimate of drug-likeness (QED) is 0.943. The number of hydrogen-bond donors (Lipinski definition) is 1. The topological polar surface area (TPSA) is 48.1 Å². The number of benzene rings is 1. The minimum absolute atomic E-state index is 0.0559. The van der Waals surface area contributed by atoms with Gasteiger partial charge in [0, 0.05) is 22.8 Å². The number of halogens is 2. The molecule has 2 N–H and O–H groups in total. The molecule has 1 aromatic heterocycles. The summed E-state index contributed by atoms with van der Waals surface area (Å²) in [6.45, 7) is 2.04. The molecule has 0 spiro atoms. The van der Waals surface area contributed by atoms with Crippen molar-refractivity contribution >= 4 is 15.9 Å². The number of nitrogens with two attached hydrogens (primary N) is 1. The molecule has 5 heteroatoms. The van der Waals surface area contributed by atoms with Gasteiger partial charge in [-0.15, -0.1) is 0 Å². The molecule has 2 rings (SSSR count). The van der Waals surface area contributed by atoms with E-state index in [-0.39, 0.29) is 12.4 Å². The Balaban J connectivity index is 2.31. The van der Waals surface area contributed by atoms with Crippen molar-refractivity contribution in [2.45, 2.75) is 13.5 Å². The average Bonchev–Trinajstić information content (AvgIpc) is 2.36. The lowest BCUT2D eigenvalue weighted by atomic mass is 10.2. The van der Waals surface area contributed by atoms with Gasteiger partial charge in [-0.05, 0) is 36.8 Å². The highest BCUT2D eigenvalue weighted by Crippen LogP contribution is 2.27. The van der Waals surface area contributed by atoms with Crippen LogP contribution >= 0.6 is 15.9 Å². The lowest BCUT2D eigenvalue weighted by Crippen LogP contribution is -2.02. The summed E-state index contributed by atoms with van der Waals surface area (Å²) < 4.78 is 20.3. The highest BCUT2D eigenvalue weighted by molar-refractivity contribution is 9.10. The highest BCUT2D eigenvalue weighted by atomic mass is 79.9. The summed E-state index contributed by atoms with van der Waals surface area (Å²) in [4.78, 5) is 3.87. The lowest BCUT2D eigenvalue weighted by Gasteiger charge is -2.08. The van der Waals surface area contributed by atoms with Gasteiger partial charge in [0.25, 0.3) is 5.88 Å². The normalized spacial score (nSPS) is 10.4. The van der Waals surface area contributed by atoms with E-state index in [1.807, 2.05) is 13.0 Å². The van der Waals surface area contributed by atoms with Gasteiger partial charge in [-0.25, -0.2) is 9.37 Å². The van der Waals surface area contributed by atoms with E-state index >= 15 is 0 Å². The predicted molar refractivity (Wildman–Crippen MR) is 71.0 cm³/mol. The second kappa shape index (κ2) is 5.46. The number of nitrogens with zero attached hydrogens (tertiary/aromatic N) is 1. The van der Waals surface area contributed by atoms with Gasteiger partial charge < -0.3 is 10.5 Å². The standard InChI is InChI=1S/C13H12BrFN2O/c1-8-6-10(2-3-11(8)14)18-13-12(15)9(7-16)4-5-17-13/h2-6H,7,16H2,1H3. The van der Waals surface area contributed by atoms with Gasteiger partial charge in [-0.2, -0.15) is 0 Å². The molecule has 0 aliphatic heterocycles. The van der Waals surface area contributed by atoms with E-state index in [4.69, 9.17) is 10.5 Å². The Morgan fingerprint density at radius 2 is 2.17 bits per heavy atom. The molecule has 18 heavy (non-hydrogen) atoms. The van der Waals surface area contributed by atoms with E-state index < -0.39 is 5.82 Å². The van der Waals surface area contributed by atoms with Crippen molar-refractivity contribution < 1.29 is 9.13 Å². The van der Waals surface area contributed by atoms with E-state index in [9.17, 15) is 4.39 Å². The van der Waals surface area contributed by atoms with Gasteiger partial charge in [-0.1, -0.05) is 15.9 Å². The van der Waals surface area contributed by atoms with Gasteiger partial charge in [0.2, 0.25) is 0 Å². The molecule has 94 valence electrons. The van der Waals surface area contributed by atoms with Crippen molar-refractivity contribution in [3.8, 4) is 11.6 Å². The molecule has 0 fully saturated rings. The van der Waals surface area contributed by atoms with Crippen molar-refractivity contribution in [2.24, 2.45) is 5.73 Å². The van der Waals surface area contributed by atoms with Crippen molar-refractivity contribution in [2.75, 3.05) is 0 Å².